The Morgan fingerprint density at radius 1 is 1.00 bits per heavy atom. The Labute approximate surface area is 44.6 Å². The number of primary amides is 2. The molecule has 8 heavy (non-hydrogen) atoms. The first-order chi connectivity index (χ1) is 3.63. The molecule has 0 unspecified atom stereocenters. The first-order valence-electron chi connectivity index (χ1n) is 1.63. The predicted octanol–water partition coefficient (Wildman–Crippen LogP) is -0.404. The summed E-state index contributed by atoms with van der Waals surface area (Å²) in [7, 11) is 0. The van der Waals surface area contributed by atoms with Crippen LogP contribution in [0.25, 0.3) is 0 Å². The fraction of sp³-hybridized carbons (Fsp3) is 0. The first-order valence-corrected chi connectivity index (χ1v) is 1.63. The number of azo groups is 1. The third kappa shape index (κ3) is 4.54. The minimum absolute atomic E-state index is 1.04. The second-order valence-corrected chi connectivity index (χ2v) is 0.876. The molecule has 0 aliphatic heterocycles. The van der Waals surface area contributed by atoms with Crippen molar-refractivity contribution in [3.05, 3.63) is 0 Å². The molecule has 0 rings (SSSR count). The van der Waals surface area contributed by atoms with Crippen LogP contribution in [-0.2, 0) is 0 Å². The van der Waals surface area contributed by atoms with Crippen molar-refractivity contribution in [1.29, 1.82) is 0 Å². The number of hydrogen-bond donors (Lipinski definition) is 2. The van der Waals surface area contributed by atoms with Crippen molar-refractivity contribution < 1.29 is 9.59 Å². The van der Waals surface area contributed by atoms with Crippen molar-refractivity contribution in [3.63, 3.8) is 0 Å². The van der Waals surface area contributed by atoms with Gasteiger partial charge in [-0.05, 0) is 0 Å². The van der Waals surface area contributed by atoms with Gasteiger partial charge in [0.2, 0.25) is 0 Å². The summed E-state index contributed by atoms with van der Waals surface area (Å²) in [6.45, 7) is 0. The standard InChI is InChI=1S/C2H4N4O2/c3-1(7)5-6-2(4)8/h(H2,3,7)(H2,4,8)/b6-5+/i1+2,2+2. The van der Waals surface area contributed by atoms with Gasteiger partial charge in [-0.25, -0.2) is 9.59 Å². The van der Waals surface area contributed by atoms with Gasteiger partial charge in [-0.3, -0.25) is 0 Å². The minimum atomic E-state index is -1.04. The number of nitrogens with zero attached hydrogens (tertiary/aromatic N) is 2. The Morgan fingerprint density at radius 3 is 1.38 bits per heavy atom. The molecule has 0 aromatic rings. The molecule has 6 heteroatoms. The van der Waals surface area contributed by atoms with Gasteiger partial charge in [-0.1, -0.05) is 10.2 Å². The van der Waals surface area contributed by atoms with Crippen LogP contribution in [0.5, 0.6) is 0 Å². The van der Waals surface area contributed by atoms with Gasteiger partial charge in [-0.2, -0.15) is 0 Å². The molecule has 0 aromatic carbocycles. The lowest BCUT2D eigenvalue weighted by Gasteiger charge is -1.74. The van der Waals surface area contributed by atoms with Crippen LogP contribution in [0.2, 0.25) is 0 Å². The number of urea groups is 2. The van der Waals surface area contributed by atoms with Crippen molar-refractivity contribution in [1.82, 2.24) is 0 Å². The van der Waals surface area contributed by atoms with Crippen LogP contribution in [-0.4, -0.2) is 12.1 Å². The van der Waals surface area contributed by atoms with Crippen LogP contribution < -0.4 is 11.5 Å². The molecule has 0 spiro atoms. The quantitative estimate of drug-likeness (QED) is 0.423. The van der Waals surface area contributed by atoms with E-state index in [1.807, 2.05) is 0 Å². The minimum Gasteiger partial charge on any atom is -0.348 e. The molecule has 6 nitrogen and oxygen atoms in total. The summed E-state index contributed by atoms with van der Waals surface area (Å²) in [5, 5.41) is 5.23. The highest BCUT2D eigenvalue weighted by molar-refractivity contribution is 5.77. The fourth-order valence-electron chi connectivity index (χ4n) is 0.0986. The molecule has 0 bridgehead atoms. The normalized spacial score (nSPS) is 9.50. The maximum Gasteiger partial charge on any atom is 0.357 e. The smallest absolute Gasteiger partial charge is 0.348 e. The average Bonchev–Trinajstić information content (AvgIpc) is 1.61. The average molecular weight is 120 g/mol. The van der Waals surface area contributed by atoms with Crippen LogP contribution in [0.3, 0.4) is 0 Å². The number of amides is 4. The predicted molar refractivity (Wildman–Crippen MR) is 24.0 cm³/mol. The van der Waals surface area contributed by atoms with Gasteiger partial charge in [-0.15, -0.1) is 0 Å². The van der Waals surface area contributed by atoms with Crippen LogP contribution in [0.4, 0.5) is 9.59 Å². The molecular formula is C2H4N4O2. The van der Waals surface area contributed by atoms with Crippen LogP contribution in [0.1, 0.15) is 0 Å². The summed E-state index contributed by atoms with van der Waals surface area (Å²) in [5.74, 6) is 0. The van der Waals surface area contributed by atoms with Gasteiger partial charge in [0.1, 0.15) is 0 Å². The van der Waals surface area contributed by atoms with Crippen molar-refractivity contribution in [3.8, 4) is 0 Å². The monoisotopic (exact) mass is 120 g/mol. The molecular weight excluding hydrogens is 116 g/mol. The summed E-state index contributed by atoms with van der Waals surface area (Å²) >= 11 is 0. The van der Waals surface area contributed by atoms with Gasteiger partial charge in [0.05, 0.1) is 0 Å². The molecule has 0 radical (unpaired) electrons. The lowest BCUT2D eigenvalue weighted by molar-refractivity contribution is 0.249. The Morgan fingerprint density at radius 2 is 1.25 bits per heavy atom. The molecule has 4 N–H and O–H groups in total. The van der Waals surface area contributed by atoms with Gasteiger partial charge >= 0.3 is 12.1 Å². The van der Waals surface area contributed by atoms with Crippen LogP contribution >= 0.6 is 0 Å². The molecule has 0 saturated heterocycles. The SMILES string of the molecule is N[14C](=O)/N=N/[14C](N)=O. The summed E-state index contributed by atoms with van der Waals surface area (Å²) in [4.78, 5) is 19.3. The highest BCUT2D eigenvalue weighted by atomic mass is 16.4. The van der Waals surface area contributed by atoms with E-state index in [4.69, 9.17) is 0 Å². The van der Waals surface area contributed by atoms with Crippen LogP contribution in [0.15, 0.2) is 10.2 Å². The highest BCUT2D eigenvalue weighted by Crippen LogP contribution is 1.72. The second-order valence-electron chi connectivity index (χ2n) is 0.876. The van der Waals surface area contributed by atoms with Gasteiger partial charge in [0, 0.05) is 0 Å². The third-order valence-corrected chi connectivity index (χ3v) is 0.247. The molecule has 44 valence electrons. The van der Waals surface area contributed by atoms with E-state index < -0.39 is 12.1 Å². The first kappa shape index (κ1) is 6.54. The van der Waals surface area contributed by atoms with Crippen LogP contribution in [0, 0.1) is 0 Å². The summed E-state index contributed by atoms with van der Waals surface area (Å²) in [6.07, 6.45) is 0. The van der Waals surface area contributed by atoms with Gasteiger partial charge < -0.3 is 11.5 Å². The molecule has 0 atom stereocenters. The number of hydrogen-bond acceptors (Lipinski definition) is 2. The maximum atomic E-state index is 9.66. The molecule has 0 saturated carbocycles. The zero-order chi connectivity index (χ0) is 6.57. The zero-order valence-electron chi connectivity index (χ0n) is 3.87. The topological polar surface area (TPSA) is 111 Å². The summed E-state index contributed by atoms with van der Waals surface area (Å²) < 4.78 is 0. The molecule has 0 aliphatic carbocycles. The van der Waals surface area contributed by atoms with Crippen molar-refractivity contribution in [2.75, 3.05) is 0 Å². The van der Waals surface area contributed by atoms with E-state index in [1.54, 1.807) is 0 Å². The Balaban J connectivity index is 3.67. The Kier molecular flexibility index (Phi) is 2.18. The number of rotatable bonds is 0. The maximum absolute atomic E-state index is 9.66. The van der Waals surface area contributed by atoms with E-state index in [1.165, 1.54) is 0 Å². The molecule has 4 amide bonds. The molecule has 0 heterocycles. The fourth-order valence-corrected chi connectivity index (χ4v) is 0.0986. The lowest BCUT2D eigenvalue weighted by Crippen LogP contribution is -2.07. The Hall–Kier alpha value is -1.46. The van der Waals surface area contributed by atoms with E-state index in [2.05, 4.69) is 21.7 Å². The van der Waals surface area contributed by atoms with Crippen molar-refractivity contribution in [2.45, 2.75) is 0 Å². The van der Waals surface area contributed by atoms with E-state index >= 15 is 0 Å². The number of carbonyl (C=O) groups excluding carboxylic acids is 2. The highest BCUT2D eigenvalue weighted by Gasteiger charge is 1.86. The van der Waals surface area contributed by atoms with Gasteiger partial charge in [0.25, 0.3) is 0 Å². The Bertz CT molecular complexity index is 123. The molecule has 0 fully saturated rings. The third-order valence-electron chi connectivity index (χ3n) is 0.247. The van der Waals surface area contributed by atoms with E-state index in [0.29, 0.717) is 0 Å². The van der Waals surface area contributed by atoms with Crippen molar-refractivity contribution >= 4 is 12.1 Å². The van der Waals surface area contributed by atoms with E-state index in [0.717, 1.165) is 0 Å². The molecule has 0 aromatic heterocycles. The largest absolute Gasteiger partial charge is 0.357 e. The van der Waals surface area contributed by atoms with E-state index in [-0.39, 0.29) is 0 Å². The van der Waals surface area contributed by atoms with Gasteiger partial charge in [0.15, 0.2) is 0 Å². The summed E-state index contributed by atoms with van der Waals surface area (Å²) in [6, 6.07) is -2.08. The molecule has 0 aliphatic rings. The zero-order valence-corrected chi connectivity index (χ0v) is 3.87. The second kappa shape index (κ2) is 2.67. The summed E-state index contributed by atoms with van der Waals surface area (Å²) in [5.41, 5.74) is 8.87. The number of carbonyl (C=O) groups is 2. The van der Waals surface area contributed by atoms with Crippen molar-refractivity contribution in [2.24, 2.45) is 21.7 Å². The lowest BCUT2D eigenvalue weighted by atomic mass is 12.3. The number of nitrogens with two attached hydrogens (primary N) is 2. The van der Waals surface area contributed by atoms with E-state index in [9.17, 15) is 9.59 Å².